The van der Waals surface area contributed by atoms with Crippen molar-refractivity contribution in [2.45, 2.75) is 6.92 Å². The normalized spacial score (nSPS) is 11.0. The van der Waals surface area contributed by atoms with Crippen LogP contribution in [0.2, 0.25) is 0 Å². The standard InChI is InChI=1S/C15H14BrN3O4/c1-9(18-19-15(21)22-2)10-3-5-11(6-4-10)17-14(20)12-7-8-13(16)23-12/h3-8H,1-2H3,(H,17,20)(H,19,21)/b18-9-. The first-order valence-corrected chi connectivity index (χ1v) is 7.34. The molecule has 1 aromatic carbocycles. The van der Waals surface area contributed by atoms with Crippen molar-refractivity contribution in [3.8, 4) is 0 Å². The van der Waals surface area contributed by atoms with Crippen molar-refractivity contribution in [1.29, 1.82) is 0 Å². The average molecular weight is 380 g/mol. The van der Waals surface area contributed by atoms with Gasteiger partial charge >= 0.3 is 6.09 Å². The lowest BCUT2D eigenvalue weighted by atomic mass is 10.1. The number of nitrogens with one attached hydrogen (secondary N) is 2. The van der Waals surface area contributed by atoms with Crippen LogP contribution in [0.1, 0.15) is 23.0 Å². The van der Waals surface area contributed by atoms with Crippen molar-refractivity contribution >= 4 is 39.3 Å². The molecule has 2 amide bonds. The quantitative estimate of drug-likeness (QED) is 0.628. The fourth-order valence-electron chi connectivity index (χ4n) is 1.66. The smallest absolute Gasteiger partial charge is 0.427 e. The van der Waals surface area contributed by atoms with E-state index in [0.29, 0.717) is 16.1 Å². The molecule has 0 radical (unpaired) electrons. The van der Waals surface area contributed by atoms with Crippen molar-refractivity contribution in [2.75, 3.05) is 12.4 Å². The summed E-state index contributed by atoms with van der Waals surface area (Å²) in [7, 11) is 1.26. The lowest BCUT2D eigenvalue weighted by molar-refractivity contribution is 0.0995. The molecular weight excluding hydrogens is 366 g/mol. The van der Waals surface area contributed by atoms with Gasteiger partial charge in [-0.1, -0.05) is 12.1 Å². The maximum absolute atomic E-state index is 11.9. The molecular formula is C15H14BrN3O4. The number of halogens is 1. The molecule has 8 heteroatoms. The second-order valence-electron chi connectivity index (χ2n) is 4.44. The summed E-state index contributed by atoms with van der Waals surface area (Å²) in [5, 5.41) is 6.60. The monoisotopic (exact) mass is 379 g/mol. The Morgan fingerprint density at radius 2 is 1.87 bits per heavy atom. The number of hydrazone groups is 1. The Morgan fingerprint density at radius 3 is 2.43 bits per heavy atom. The lowest BCUT2D eigenvalue weighted by Crippen LogP contribution is -2.18. The third kappa shape index (κ3) is 4.68. The minimum Gasteiger partial charge on any atom is -0.452 e. The fraction of sp³-hybridized carbons (Fsp3) is 0.133. The van der Waals surface area contributed by atoms with Gasteiger partial charge in [0.1, 0.15) is 0 Å². The predicted molar refractivity (Wildman–Crippen MR) is 88.6 cm³/mol. The maximum atomic E-state index is 11.9. The molecule has 2 N–H and O–H groups in total. The van der Waals surface area contributed by atoms with Crippen LogP contribution in [0.4, 0.5) is 10.5 Å². The SMILES string of the molecule is COC(=O)N/N=C(/C)c1ccc(NC(=O)c2ccc(Br)o2)cc1. The topological polar surface area (TPSA) is 92.9 Å². The second-order valence-corrected chi connectivity index (χ2v) is 5.22. The molecule has 0 atom stereocenters. The summed E-state index contributed by atoms with van der Waals surface area (Å²) in [5.74, 6) is -0.137. The number of benzene rings is 1. The van der Waals surface area contributed by atoms with Crippen LogP contribution in [0.5, 0.6) is 0 Å². The van der Waals surface area contributed by atoms with Crippen LogP contribution in [0.15, 0.2) is 50.6 Å². The van der Waals surface area contributed by atoms with E-state index in [0.717, 1.165) is 5.56 Å². The van der Waals surface area contributed by atoms with Crippen LogP contribution in [0.3, 0.4) is 0 Å². The number of hydrogen-bond donors (Lipinski definition) is 2. The van der Waals surface area contributed by atoms with E-state index in [1.807, 2.05) is 0 Å². The van der Waals surface area contributed by atoms with Gasteiger partial charge < -0.3 is 14.5 Å². The minimum absolute atomic E-state index is 0.209. The predicted octanol–water partition coefficient (Wildman–Crippen LogP) is 3.37. The molecule has 23 heavy (non-hydrogen) atoms. The van der Waals surface area contributed by atoms with E-state index >= 15 is 0 Å². The van der Waals surface area contributed by atoms with Crippen LogP contribution >= 0.6 is 15.9 Å². The third-order valence-corrected chi connectivity index (χ3v) is 3.28. The Morgan fingerprint density at radius 1 is 1.17 bits per heavy atom. The van der Waals surface area contributed by atoms with Gasteiger partial charge in [-0.15, -0.1) is 0 Å². The number of rotatable bonds is 4. The highest BCUT2D eigenvalue weighted by atomic mass is 79.9. The van der Waals surface area contributed by atoms with Gasteiger partial charge in [0.05, 0.1) is 12.8 Å². The zero-order valence-corrected chi connectivity index (χ0v) is 14.0. The number of ether oxygens (including phenoxy) is 1. The summed E-state index contributed by atoms with van der Waals surface area (Å²) in [5.41, 5.74) is 4.24. The highest BCUT2D eigenvalue weighted by Crippen LogP contribution is 2.16. The number of carbonyl (C=O) groups is 2. The Kier molecular flexibility index (Phi) is 5.53. The summed E-state index contributed by atoms with van der Waals surface area (Å²) in [6.45, 7) is 1.74. The van der Waals surface area contributed by atoms with E-state index in [2.05, 4.69) is 36.5 Å². The number of furan rings is 1. The molecule has 0 aliphatic heterocycles. The minimum atomic E-state index is -0.641. The molecule has 1 aromatic heterocycles. The van der Waals surface area contributed by atoms with Gasteiger partial charge in [0, 0.05) is 5.69 Å². The maximum Gasteiger partial charge on any atom is 0.427 e. The van der Waals surface area contributed by atoms with Gasteiger partial charge in [0.25, 0.3) is 5.91 Å². The number of carbonyl (C=O) groups excluding carboxylic acids is 2. The van der Waals surface area contributed by atoms with Crippen LogP contribution < -0.4 is 10.7 Å². The molecule has 0 bridgehead atoms. The molecule has 0 aliphatic carbocycles. The van der Waals surface area contributed by atoms with Crippen molar-refractivity contribution in [2.24, 2.45) is 5.10 Å². The number of nitrogens with zero attached hydrogens (tertiary/aromatic N) is 1. The summed E-state index contributed by atoms with van der Waals surface area (Å²) >= 11 is 3.14. The molecule has 0 aliphatic rings. The second kappa shape index (κ2) is 7.59. The van der Waals surface area contributed by atoms with Gasteiger partial charge in [-0.05, 0) is 52.7 Å². The largest absolute Gasteiger partial charge is 0.452 e. The van der Waals surface area contributed by atoms with E-state index in [1.54, 1.807) is 43.3 Å². The van der Waals surface area contributed by atoms with Gasteiger partial charge in [-0.2, -0.15) is 5.10 Å². The first-order valence-electron chi connectivity index (χ1n) is 6.55. The molecule has 0 spiro atoms. The van der Waals surface area contributed by atoms with Crippen molar-refractivity contribution in [3.63, 3.8) is 0 Å². The highest BCUT2D eigenvalue weighted by Gasteiger charge is 2.10. The highest BCUT2D eigenvalue weighted by molar-refractivity contribution is 9.10. The molecule has 7 nitrogen and oxygen atoms in total. The van der Waals surface area contributed by atoms with Gasteiger partial charge in [0.15, 0.2) is 10.4 Å². The van der Waals surface area contributed by atoms with E-state index in [9.17, 15) is 9.59 Å². The van der Waals surface area contributed by atoms with Gasteiger partial charge in [-0.3, -0.25) is 4.79 Å². The zero-order chi connectivity index (χ0) is 16.8. The molecule has 1 heterocycles. The molecule has 2 aromatic rings. The van der Waals surface area contributed by atoms with Gasteiger partial charge in [0.2, 0.25) is 0 Å². The average Bonchev–Trinajstić information content (AvgIpc) is 2.99. The Labute approximate surface area is 140 Å². The molecule has 0 unspecified atom stereocenters. The summed E-state index contributed by atoms with van der Waals surface area (Å²) < 4.78 is 10.1. The van der Waals surface area contributed by atoms with E-state index < -0.39 is 6.09 Å². The van der Waals surface area contributed by atoms with E-state index in [1.165, 1.54) is 7.11 Å². The fourth-order valence-corrected chi connectivity index (χ4v) is 1.97. The first kappa shape index (κ1) is 16.8. The molecule has 0 saturated carbocycles. The summed E-state index contributed by atoms with van der Waals surface area (Å²) in [6.07, 6.45) is -0.641. The number of anilines is 1. The molecule has 0 fully saturated rings. The molecule has 120 valence electrons. The van der Waals surface area contributed by atoms with E-state index in [4.69, 9.17) is 4.42 Å². The number of hydrogen-bond acceptors (Lipinski definition) is 5. The molecule has 0 saturated heterocycles. The van der Waals surface area contributed by atoms with Gasteiger partial charge in [-0.25, -0.2) is 10.2 Å². The van der Waals surface area contributed by atoms with Crippen LogP contribution in [0.25, 0.3) is 0 Å². The Balaban J connectivity index is 2.01. The Bertz CT molecular complexity index is 737. The number of methoxy groups -OCH3 is 1. The first-order chi connectivity index (χ1) is 11.0. The Hall–Kier alpha value is -2.61. The third-order valence-electron chi connectivity index (χ3n) is 2.86. The number of amides is 2. The van der Waals surface area contributed by atoms with Crippen LogP contribution in [0, 0.1) is 0 Å². The molecule has 2 rings (SSSR count). The van der Waals surface area contributed by atoms with E-state index in [-0.39, 0.29) is 11.7 Å². The van der Waals surface area contributed by atoms with Crippen molar-refractivity contribution in [1.82, 2.24) is 5.43 Å². The summed E-state index contributed by atoms with van der Waals surface area (Å²) in [6, 6.07) is 10.2. The lowest BCUT2D eigenvalue weighted by Gasteiger charge is -2.05. The van der Waals surface area contributed by atoms with Crippen LogP contribution in [-0.4, -0.2) is 24.8 Å². The van der Waals surface area contributed by atoms with Crippen molar-refractivity contribution < 1.29 is 18.7 Å². The van der Waals surface area contributed by atoms with Crippen molar-refractivity contribution in [3.05, 3.63) is 52.4 Å². The summed E-state index contributed by atoms with van der Waals surface area (Å²) in [4.78, 5) is 22.9. The van der Waals surface area contributed by atoms with Crippen LogP contribution in [-0.2, 0) is 4.74 Å². The zero-order valence-electron chi connectivity index (χ0n) is 12.4.